The molecule has 1 heterocycles. The molecule has 214 valence electrons. The number of carbonyl (C=O) groups is 1. The van der Waals surface area contributed by atoms with Crippen LogP contribution in [-0.4, -0.2) is 48.6 Å². The molecule has 5 nitrogen and oxygen atoms in total. The summed E-state index contributed by atoms with van der Waals surface area (Å²) in [6, 6.07) is 20.2. The molecule has 4 bridgehead atoms. The number of nitrogens with zero attached hydrogens (tertiary/aromatic N) is 2. The van der Waals surface area contributed by atoms with Gasteiger partial charge in [-0.1, -0.05) is 24.3 Å². The van der Waals surface area contributed by atoms with Crippen LogP contribution >= 0.6 is 0 Å². The first kappa shape index (κ1) is 26.5. The van der Waals surface area contributed by atoms with Crippen molar-refractivity contribution >= 4 is 11.6 Å². The van der Waals surface area contributed by atoms with Gasteiger partial charge in [0.15, 0.2) is 0 Å². The van der Waals surface area contributed by atoms with Gasteiger partial charge in [-0.3, -0.25) is 9.69 Å². The van der Waals surface area contributed by atoms with Crippen LogP contribution in [0.1, 0.15) is 54.4 Å². The number of phenols is 1. The Labute approximate surface area is 242 Å². The van der Waals surface area contributed by atoms with E-state index in [4.69, 9.17) is 0 Å². The summed E-state index contributed by atoms with van der Waals surface area (Å²) in [5, 5.41) is 13.0. The minimum Gasteiger partial charge on any atom is -0.508 e. The number of nitrogens with one attached hydrogen (secondary N) is 1. The highest BCUT2D eigenvalue weighted by atomic mass is 19.1. The molecule has 0 radical (unpaired) electrons. The zero-order valence-electron chi connectivity index (χ0n) is 23.7. The number of hydrogen-bond donors (Lipinski definition) is 2. The number of carbonyl (C=O) groups excluding carboxylic acids is 1. The van der Waals surface area contributed by atoms with Crippen LogP contribution in [0.2, 0.25) is 0 Å². The van der Waals surface area contributed by atoms with Crippen molar-refractivity contribution in [3.8, 4) is 16.9 Å². The monoisotopic (exact) mass is 553 g/mol. The predicted molar refractivity (Wildman–Crippen MR) is 160 cm³/mol. The quantitative estimate of drug-likeness (QED) is 0.352. The lowest BCUT2D eigenvalue weighted by atomic mass is 9.49. The van der Waals surface area contributed by atoms with E-state index in [9.17, 15) is 14.3 Å². The third-order valence-corrected chi connectivity index (χ3v) is 10.3. The number of piperazine rings is 1. The van der Waals surface area contributed by atoms with E-state index in [1.54, 1.807) is 36.4 Å². The van der Waals surface area contributed by atoms with Gasteiger partial charge in [-0.15, -0.1) is 0 Å². The van der Waals surface area contributed by atoms with Crippen molar-refractivity contribution in [3.05, 3.63) is 83.7 Å². The molecule has 5 fully saturated rings. The average molecular weight is 554 g/mol. The van der Waals surface area contributed by atoms with Crippen molar-refractivity contribution in [1.29, 1.82) is 0 Å². The van der Waals surface area contributed by atoms with Crippen LogP contribution in [0.4, 0.5) is 10.1 Å². The average Bonchev–Trinajstić information content (AvgIpc) is 2.96. The van der Waals surface area contributed by atoms with Gasteiger partial charge >= 0.3 is 0 Å². The fraction of sp³-hybridized carbons (Fsp3) is 0.457. The first-order valence-corrected chi connectivity index (χ1v) is 15.3. The molecular weight excluding hydrogens is 513 g/mol. The second kappa shape index (κ2) is 10.8. The number of rotatable bonds is 7. The topological polar surface area (TPSA) is 55.8 Å². The molecule has 1 amide bonds. The summed E-state index contributed by atoms with van der Waals surface area (Å²) in [4.78, 5) is 17.7. The van der Waals surface area contributed by atoms with Gasteiger partial charge in [-0.25, -0.2) is 4.39 Å². The molecule has 0 atom stereocenters. The van der Waals surface area contributed by atoms with E-state index in [1.807, 2.05) is 18.2 Å². The summed E-state index contributed by atoms with van der Waals surface area (Å²) in [6.07, 6.45) is 8.21. The molecular formula is C35H40FN3O2. The highest BCUT2D eigenvalue weighted by Gasteiger charge is 2.50. The molecule has 5 aliphatic rings. The third kappa shape index (κ3) is 5.59. The number of phenolic OH excluding ortho intramolecular Hbond substituents is 1. The lowest BCUT2D eigenvalue weighted by Crippen LogP contribution is -2.51. The van der Waals surface area contributed by atoms with Crippen LogP contribution < -0.4 is 10.2 Å². The second-order valence-corrected chi connectivity index (χ2v) is 13.3. The minimum absolute atomic E-state index is 0.0550. The fourth-order valence-electron chi connectivity index (χ4n) is 8.69. The smallest absolute Gasteiger partial charge is 0.251 e. The van der Waals surface area contributed by atoms with Crippen LogP contribution in [0.25, 0.3) is 11.1 Å². The van der Waals surface area contributed by atoms with Crippen LogP contribution in [0, 0.1) is 29.0 Å². The standard InChI is InChI=1S/C35H40FN3O2/c36-33-17-24(4-9-32(33)29-2-1-3-31(40)18-29)22-38-10-12-39(13-11-38)30-7-5-28(6-8-30)34(41)37-23-35-19-25-14-26(20-35)16-27(15-25)21-35/h1-9,17-18,25-27,40H,10-16,19-23H2,(H,37,41). The van der Waals surface area contributed by atoms with E-state index in [1.165, 1.54) is 38.5 Å². The lowest BCUT2D eigenvalue weighted by molar-refractivity contribution is -0.0503. The Morgan fingerprint density at radius 3 is 2.20 bits per heavy atom. The molecule has 1 saturated heterocycles. The Morgan fingerprint density at radius 2 is 1.56 bits per heavy atom. The van der Waals surface area contributed by atoms with E-state index < -0.39 is 0 Å². The summed E-state index contributed by atoms with van der Waals surface area (Å²) in [5.74, 6) is 2.61. The fourth-order valence-corrected chi connectivity index (χ4v) is 8.69. The molecule has 4 saturated carbocycles. The highest BCUT2D eigenvalue weighted by Crippen LogP contribution is 2.59. The number of aromatic hydroxyl groups is 1. The summed E-state index contributed by atoms with van der Waals surface area (Å²) in [7, 11) is 0. The van der Waals surface area contributed by atoms with Crippen LogP contribution in [0.15, 0.2) is 66.7 Å². The van der Waals surface area contributed by atoms with E-state index in [-0.39, 0.29) is 17.5 Å². The zero-order chi connectivity index (χ0) is 28.0. The third-order valence-electron chi connectivity index (χ3n) is 10.3. The summed E-state index contributed by atoms with van der Waals surface area (Å²) < 4.78 is 14.9. The molecule has 2 N–H and O–H groups in total. The Bertz CT molecular complexity index is 1380. The van der Waals surface area contributed by atoms with Gasteiger partial charge in [0.25, 0.3) is 5.91 Å². The Hall–Kier alpha value is -3.38. The predicted octanol–water partition coefficient (Wildman–Crippen LogP) is 6.47. The zero-order valence-corrected chi connectivity index (χ0v) is 23.7. The number of amides is 1. The van der Waals surface area contributed by atoms with Gasteiger partial charge in [0.1, 0.15) is 11.6 Å². The van der Waals surface area contributed by atoms with Crippen LogP contribution in [-0.2, 0) is 6.54 Å². The second-order valence-electron chi connectivity index (χ2n) is 13.3. The number of hydrogen-bond acceptors (Lipinski definition) is 4. The van der Waals surface area contributed by atoms with Crippen LogP contribution in [0.5, 0.6) is 5.75 Å². The Morgan fingerprint density at radius 1 is 0.878 bits per heavy atom. The van der Waals surface area contributed by atoms with E-state index in [0.29, 0.717) is 23.1 Å². The summed E-state index contributed by atoms with van der Waals surface area (Å²) >= 11 is 0. The van der Waals surface area contributed by atoms with Crippen molar-refractivity contribution in [2.75, 3.05) is 37.6 Å². The Balaban J connectivity index is 0.904. The van der Waals surface area contributed by atoms with Crippen molar-refractivity contribution in [3.63, 3.8) is 0 Å². The molecule has 8 rings (SSSR count). The van der Waals surface area contributed by atoms with Gasteiger partial charge in [0, 0.05) is 56.1 Å². The maximum absolute atomic E-state index is 14.9. The highest BCUT2D eigenvalue weighted by molar-refractivity contribution is 5.94. The summed E-state index contributed by atoms with van der Waals surface area (Å²) in [6.45, 7) is 5.10. The van der Waals surface area contributed by atoms with Crippen molar-refractivity contribution in [1.82, 2.24) is 10.2 Å². The minimum atomic E-state index is -0.270. The largest absolute Gasteiger partial charge is 0.508 e. The molecule has 0 aromatic heterocycles. The summed E-state index contributed by atoms with van der Waals surface area (Å²) in [5.41, 5.74) is 4.36. The van der Waals surface area contributed by atoms with E-state index in [0.717, 1.165) is 67.3 Å². The molecule has 3 aromatic rings. The van der Waals surface area contributed by atoms with Crippen molar-refractivity contribution in [2.45, 2.75) is 45.1 Å². The van der Waals surface area contributed by atoms with E-state index in [2.05, 4.69) is 27.2 Å². The van der Waals surface area contributed by atoms with Gasteiger partial charge in [-0.05, 0) is 115 Å². The number of benzene rings is 3. The molecule has 3 aromatic carbocycles. The van der Waals surface area contributed by atoms with Crippen LogP contribution in [0.3, 0.4) is 0 Å². The number of anilines is 1. The van der Waals surface area contributed by atoms with Crippen molar-refractivity contribution in [2.24, 2.45) is 23.2 Å². The first-order valence-electron chi connectivity index (χ1n) is 15.3. The molecule has 6 heteroatoms. The van der Waals surface area contributed by atoms with Gasteiger partial charge in [-0.2, -0.15) is 0 Å². The number of halogens is 1. The van der Waals surface area contributed by atoms with Crippen molar-refractivity contribution < 1.29 is 14.3 Å². The molecule has 4 aliphatic carbocycles. The first-order chi connectivity index (χ1) is 19.9. The maximum Gasteiger partial charge on any atom is 0.251 e. The molecule has 41 heavy (non-hydrogen) atoms. The van der Waals surface area contributed by atoms with E-state index >= 15 is 0 Å². The van der Waals surface area contributed by atoms with Gasteiger partial charge in [0.05, 0.1) is 0 Å². The normalized spacial score (nSPS) is 27.2. The molecule has 0 unspecified atom stereocenters. The SMILES string of the molecule is O=C(NCC12CC3CC(CC(C3)C1)C2)c1ccc(N2CCN(Cc3ccc(-c4cccc(O)c4)c(F)c3)CC2)cc1. The Kier molecular flexibility index (Phi) is 6.98. The molecule has 0 spiro atoms. The van der Waals surface area contributed by atoms with Gasteiger partial charge in [0.2, 0.25) is 0 Å². The molecule has 1 aliphatic heterocycles. The maximum atomic E-state index is 14.9. The lowest BCUT2D eigenvalue weighted by Gasteiger charge is -2.56. The van der Waals surface area contributed by atoms with Gasteiger partial charge < -0.3 is 15.3 Å².